The van der Waals surface area contributed by atoms with Gasteiger partial charge in [0.2, 0.25) is 0 Å². The van der Waals surface area contributed by atoms with E-state index >= 15 is 0 Å². The number of hydrogen-bond acceptors (Lipinski definition) is 4. The molecule has 0 radical (unpaired) electrons. The molecule has 3 atom stereocenters. The van der Waals surface area contributed by atoms with Gasteiger partial charge in [-0.3, -0.25) is 0 Å². The fourth-order valence-corrected chi connectivity index (χ4v) is 4.21. The minimum absolute atomic E-state index is 0.355. The lowest BCUT2D eigenvalue weighted by molar-refractivity contribution is -0.0238. The third-order valence-electron chi connectivity index (χ3n) is 4.68. The van der Waals surface area contributed by atoms with Crippen molar-refractivity contribution < 1.29 is 9.84 Å². The van der Waals surface area contributed by atoms with Crippen LogP contribution < -0.4 is 5.32 Å². The number of aliphatic hydroxyl groups excluding tert-OH is 1. The van der Waals surface area contributed by atoms with E-state index in [2.05, 4.69) is 11.6 Å². The predicted octanol–water partition coefficient (Wildman–Crippen LogP) is 2.96. The first-order valence-electron chi connectivity index (χ1n) is 8.33. The lowest BCUT2D eigenvalue weighted by Gasteiger charge is -2.30. The summed E-state index contributed by atoms with van der Waals surface area (Å²) in [5.41, 5.74) is 0. The van der Waals surface area contributed by atoms with Crippen molar-refractivity contribution >= 4 is 11.8 Å². The highest BCUT2D eigenvalue weighted by molar-refractivity contribution is 7.99. The van der Waals surface area contributed by atoms with Crippen LogP contribution in [0.2, 0.25) is 0 Å². The van der Waals surface area contributed by atoms with Gasteiger partial charge in [0.1, 0.15) is 0 Å². The molecule has 118 valence electrons. The normalized spacial score (nSPS) is 30.3. The number of thioether (sulfide) groups is 1. The lowest BCUT2D eigenvalue weighted by atomic mass is 9.95. The summed E-state index contributed by atoms with van der Waals surface area (Å²) in [5.74, 6) is 0. The zero-order valence-electron chi connectivity index (χ0n) is 12.9. The van der Waals surface area contributed by atoms with Gasteiger partial charge in [-0.15, -0.1) is 0 Å². The minimum atomic E-state index is -0.355. The average molecular weight is 301 g/mol. The van der Waals surface area contributed by atoms with Crippen LogP contribution >= 0.6 is 11.8 Å². The largest absolute Gasteiger partial charge is 0.389 e. The maximum absolute atomic E-state index is 10.0. The minimum Gasteiger partial charge on any atom is -0.389 e. The maximum atomic E-state index is 10.0. The van der Waals surface area contributed by atoms with E-state index in [9.17, 15) is 5.11 Å². The fourth-order valence-electron chi connectivity index (χ4n) is 3.39. The van der Waals surface area contributed by atoms with Crippen molar-refractivity contribution in [3.8, 4) is 0 Å². The molecule has 2 rings (SSSR count). The van der Waals surface area contributed by atoms with Gasteiger partial charge in [-0.25, -0.2) is 0 Å². The van der Waals surface area contributed by atoms with E-state index in [-0.39, 0.29) is 6.10 Å². The second-order valence-corrected chi connectivity index (χ2v) is 7.51. The van der Waals surface area contributed by atoms with Crippen LogP contribution in [0.15, 0.2) is 0 Å². The highest BCUT2D eigenvalue weighted by atomic mass is 32.2. The molecule has 20 heavy (non-hydrogen) atoms. The van der Waals surface area contributed by atoms with E-state index in [4.69, 9.17) is 4.74 Å². The number of hydrogen-bond donors (Lipinski definition) is 2. The zero-order valence-corrected chi connectivity index (χ0v) is 13.7. The monoisotopic (exact) mass is 301 g/mol. The fraction of sp³-hybridized carbons (Fsp3) is 1.00. The molecular weight excluding hydrogens is 270 g/mol. The van der Waals surface area contributed by atoms with Crippen LogP contribution in [-0.2, 0) is 4.74 Å². The maximum Gasteiger partial charge on any atom is 0.0897 e. The molecule has 0 spiro atoms. The highest BCUT2D eigenvalue weighted by Crippen LogP contribution is 2.26. The van der Waals surface area contributed by atoms with Gasteiger partial charge in [0.05, 0.1) is 18.8 Å². The number of rotatable bonds is 7. The molecule has 2 saturated carbocycles. The van der Waals surface area contributed by atoms with E-state index < -0.39 is 0 Å². The zero-order chi connectivity index (χ0) is 14.2. The van der Waals surface area contributed by atoms with E-state index in [1.165, 1.54) is 57.8 Å². The van der Waals surface area contributed by atoms with Crippen molar-refractivity contribution in [1.29, 1.82) is 0 Å². The van der Waals surface area contributed by atoms with Crippen molar-refractivity contribution in [1.82, 2.24) is 5.32 Å². The van der Waals surface area contributed by atoms with E-state index in [1.54, 1.807) is 0 Å². The van der Waals surface area contributed by atoms with E-state index in [0.717, 1.165) is 5.25 Å². The molecule has 0 aromatic carbocycles. The predicted molar refractivity (Wildman–Crippen MR) is 86.4 cm³/mol. The van der Waals surface area contributed by atoms with Gasteiger partial charge in [0.15, 0.2) is 0 Å². The first-order chi connectivity index (χ1) is 9.78. The third kappa shape index (κ3) is 5.92. The Labute approximate surface area is 128 Å². The topological polar surface area (TPSA) is 41.5 Å². The van der Waals surface area contributed by atoms with Crippen molar-refractivity contribution in [2.24, 2.45) is 0 Å². The summed E-state index contributed by atoms with van der Waals surface area (Å²) in [6.45, 7) is 1.18. The van der Waals surface area contributed by atoms with Gasteiger partial charge in [-0.05, 0) is 38.4 Å². The third-order valence-corrected chi connectivity index (χ3v) is 5.77. The quantitative estimate of drug-likeness (QED) is 0.758. The first-order valence-corrected chi connectivity index (χ1v) is 9.62. The van der Waals surface area contributed by atoms with Gasteiger partial charge in [-0.2, -0.15) is 11.8 Å². The Kier molecular flexibility index (Phi) is 7.71. The summed E-state index contributed by atoms with van der Waals surface area (Å²) < 4.78 is 5.83. The average Bonchev–Trinajstić information content (AvgIpc) is 2.52. The molecular formula is C16H31NO2S. The molecule has 0 amide bonds. The molecule has 3 unspecified atom stereocenters. The summed E-state index contributed by atoms with van der Waals surface area (Å²) in [7, 11) is 0. The van der Waals surface area contributed by atoms with Crippen LogP contribution in [-0.4, -0.2) is 48.0 Å². The van der Waals surface area contributed by atoms with Gasteiger partial charge >= 0.3 is 0 Å². The molecule has 2 aliphatic rings. The Morgan fingerprint density at radius 2 is 1.95 bits per heavy atom. The van der Waals surface area contributed by atoms with Crippen LogP contribution in [0.5, 0.6) is 0 Å². The van der Waals surface area contributed by atoms with Crippen molar-refractivity contribution in [3.63, 3.8) is 0 Å². The Morgan fingerprint density at radius 1 is 1.15 bits per heavy atom. The van der Waals surface area contributed by atoms with Crippen LogP contribution in [0.25, 0.3) is 0 Å². The van der Waals surface area contributed by atoms with Gasteiger partial charge in [0, 0.05) is 17.8 Å². The number of aliphatic hydroxyl groups is 1. The van der Waals surface area contributed by atoms with Crippen molar-refractivity contribution in [2.75, 3.05) is 19.4 Å². The van der Waals surface area contributed by atoms with Gasteiger partial charge in [0.25, 0.3) is 0 Å². The lowest BCUT2D eigenvalue weighted by Crippen LogP contribution is -2.41. The Morgan fingerprint density at radius 3 is 2.70 bits per heavy atom. The molecule has 0 aromatic rings. The highest BCUT2D eigenvalue weighted by Gasteiger charge is 2.22. The number of nitrogens with one attached hydrogen (secondary N) is 1. The standard InChI is InChI=1S/C16H31NO2S/c1-20-16-9-5-6-13(10-16)17-11-14(18)12-19-15-7-3-2-4-8-15/h13-18H,2-12H2,1H3. The molecule has 0 heterocycles. The molecule has 0 aromatic heterocycles. The van der Waals surface area contributed by atoms with Crippen LogP contribution in [0, 0.1) is 0 Å². The Bertz CT molecular complexity index is 259. The molecule has 2 aliphatic carbocycles. The van der Waals surface area contributed by atoms with Crippen molar-refractivity contribution in [3.05, 3.63) is 0 Å². The Balaban J connectivity index is 1.56. The van der Waals surface area contributed by atoms with E-state index in [0.29, 0.717) is 25.3 Å². The molecule has 0 aliphatic heterocycles. The molecule has 0 bridgehead atoms. The van der Waals surface area contributed by atoms with Gasteiger partial charge in [-0.1, -0.05) is 25.7 Å². The molecule has 3 nitrogen and oxygen atoms in total. The van der Waals surface area contributed by atoms with E-state index in [1.807, 2.05) is 11.8 Å². The Hall–Kier alpha value is 0.230. The second kappa shape index (κ2) is 9.29. The van der Waals surface area contributed by atoms with Crippen LogP contribution in [0.4, 0.5) is 0 Å². The molecule has 2 N–H and O–H groups in total. The first kappa shape index (κ1) is 16.6. The second-order valence-electron chi connectivity index (χ2n) is 6.38. The summed E-state index contributed by atoms with van der Waals surface area (Å²) in [6.07, 6.45) is 13.7. The molecule has 2 fully saturated rings. The summed E-state index contributed by atoms with van der Waals surface area (Å²) in [4.78, 5) is 0. The molecule has 4 heteroatoms. The summed E-state index contributed by atoms with van der Waals surface area (Å²) in [5, 5.41) is 14.4. The summed E-state index contributed by atoms with van der Waals surface area (Å²) in [6, 6.07) is 0.588. The van der Waals surface area contributed by atoms with Gasteiger partial charge < -0.3 is 15.2 Å². The van der Waals surface area contributed by atoms with Crippen LogP contribution in [0.1, 0.15) is 57.8 Å². The SMILES string of the molecule is CSC1CCCC(NCC(O)COC2CCCCC2)C1. The van der Waals surface area contributed by atoms with Crippen molar-refractivity contribution in [2.45, 2.75) is 81.3 Å². The van der Waals surface area contributed by atoms with Crippen LogP contribution in [0.3, 0.4) is 0 Å². The summed E-state index contributed by atoms with van der Waals surface area (Å²) >= 11 is 1.99. The number of ether oxygens (including phenoxy) is 1. The smallest absolute Gasteiger partial charge is 0.0897 e. The molecule has 0 saturated heterocycles.